The Hall–Kier alpha value is -1.57. The van der Waals surface area contributed by atoms with Crippen LogP contribution in [-0.4, -0.2) is 22.9 Å². The topological polar surface area (TPSA) is 20.3 Å². The molecular formula is C19H25NO. The number of hydrogen-bond acceptors (Lipinski definition) is 1. The smallest absolute Gasteiger partial charge is 0.247 e. The summed E-state index contributed by atoms with van der Waals surface area (Å²) < 4.78 is 0. The fraction of sp³-hybridized carbons (Fsp3) is 0.526. The summed E-state index contributed by atoms with van der Waals surface area (Å²) in [4.78, 5) is 14.8. The number of amides is 1. The second-order valence-electron chi connectivity index (χ2n) is 6.53. The first-order valence-electron chi connectivity index (χ1n) is 8.31. The Morgan fingerprint density at radius 2 is 1.86 bits per heavy atom. The van der Waals surface area contributed by atoms with Gasteiger partial charge in [-0.05, 0) is 50.2 Å². The van der Waals surface area contributed by atoms with Crippen LogP contribution in [0.25, 0.3) is 6.08 Å². The van der Waals surface area contributed by atoms with Crippen LogP contribution in [0.3, 0.4) is 0 Å². The van der Waals surface area contributed by atoms with E-state index in [4.69, 9.17) is 0 Å². The number of fused-ring (bicyclic) bond motifs is 1. The van der Waals surface area contributed by atoms with E-state index in [1.807, 2.05) is 36.4 Å². The lowest BCUT2D eigenvalue weighted by atomic mass is 9.76. The molecule has 1 amide bonds. The quantitative estimate of drug-likeness (QED) is 0.742. The Morgan fingerprint density at radius 1 is 1.10 bits per heavy atom. The minimum Gasteiger partial charge on any atom is -0.333 e. The first kappa shape index (κ1) is 14.4. The van der Waals surface area contributed by atoms with Gasteiger partial charge < -0.3 is 4.90 Å². The molecule has 1 saturated heterocycles. The highest BCUT2D eigenvalue weighted by atomic mass is 16.2. The van der Waals surface area contributed by atoms with Crippen LogP contribution in [0.4, 0.5) is 0 Å². The molecule has 0 spiro atoms. The second-order valence-corrected chi connectivity index (χ2v) is 6.53. The minimum atomic E-state index is 0.197. The number of hydrogen-bond donors (Lipinski definition) is 0. The van der Waals surface area contributed by atoms with Gasteiger partial charge in [-0.3, -0.25) is 4.79 Å². The first-order valence-corrected chi connectivity index (χ1v) is 8.31. The van der Waals surface area contributed by atoms with Crippen molar-refractivity contribution < 1.29 is 4.79 Å². The highest BCUT2D eigenvalue weighted by molar-refractivity contribution is 5.92. The zero-order chi connectivity index (χ0) is 14.7. The van der Waals surface area contributed by atoms with Crippen LogP contribution in [0.2, 0.25) is 0 Å². The summed E-state index contributed by atoms with van der Waals surface area (Å²) in [6.07, 6.45) is 11.3. The zero-order valence-electron chi connectivity index (χ0n) is 12.9. The van der Waals surface area contributed by atoms with Crippen molar-refractivity contribution in [2.45, 2.75) is 57.5 Å². The fourth-order valence-electron chi connectivity index (χ4n) is 4.01. The lowest BCUT2D eigenvalue weighted by molar-refractivity contribution is -0.135. The summed E-state index contributed by atoms with van der Waals surface area (Å²) in [5, 5.41) is 0. The molecule has 2 heteroatoms. The third-order valence-corrected chi connectivity index (χ3v) is 5.13. The molecule has 1 aliphatic heterocycles. The van der Waals surface area contributed by atoms with Gasteiger partial charge in [0.2, 0.25) is 5.91 Å². The molecule has 1 aliphatic carbocycles. The fourth-order valence-corrected chi connectivity index (χ4v) is 4.01. The molecule has 3 atom stereocenters. The van der Waals surface area contributed by atoms with Crippen LogP contribution in [0, 0.1) is 5.92 Å². The summed E-state index contributed by atoms with van der Waals surface area (Å²) in [7, 11) is 0. The Balaban J connectivity index is 1.73. The monoisotopic (exact) mass is 283 g/mol. The van der Waals surface area contributed by atoms with Crippen LogP contribution in [0.5, 0.6) is 0 Å². The van der Waals surface area contributed by atoms with Crippen molar-refractivity contribution in [3.63, 3.8) is 0 Å². The number of likely N-dealkylation sites (tertiary alicyclic amines) is 1. The van der Waals surface area contributed by atoms with Gasteiger partial charge in [0.25, 0.3) is 0 Å². The van der Waals surface area contributed by atoms with Gasteiger partial charge in [0.1, 0.15) is 0 Å². The molecule has 0 aromatic heterocycles. The van der Waals surface area contributed by atoms with Crippen molar-refractivity contribution in [1.82, 2.24) is 4.90 Å². The summed E-state index contributed by atoms with van der Waals surface area (Å²) in [6, 6.07) is 10.9. The van der Waals surface area contributed by atoms with Gasteiger partial charge in [-0.15, -0.1) is 0 Å². The number of rotatable bonds is 2. The second kappa shape index (κ2) is 6.46. The summed E-state index contributed by atoms with van der Waals surface area (Å²) in [5.74, 6) is 0.937. The van der Waals surface area contributed by atoms with E-state index in [-0.39, 0.29) is 5.91 Å². The van der Waals surface area contributed by atoms with E-state index in [0.29, 0.717) is 12.1 Å². The summed E-state index contributed by atoms with van der Waals surface area (Å²) in [5.41, 5.74) is 1.09. The lowest BCUT2D eigenvalue weighted by Gasteiger charge is -2.47. The molecule has 0 unspecified atom stereocenters. The SMILES string of the molecule is C[C@@H]1CC[C@@H]2CCCC[C@@H]2N1C(=O)/C=C/c1ccccc1. The van der Waals surface area contributed by atoms with E-state index < -0.39 is 0 Å². The first-order chi connectivity index (χ1) is 10.3. The molecule has 2 fully saturated rings. The standard InChI is InChI=1S/C19H25NO/c1-15-11-13-17-9-5-6-10-18(17)20(15)19(21)14-12-16-7-3-2-4-8-16/h2-4,7-8,12,14-15,17-18H,5-6,9-11,13H2,1H3/b14-12+/t15-,17+,18+/m1/s1. The summed E-state index contributed by atoms with van der Waals surface area (Å²) >= 11 is 0. The molecule has 0 radical (unpaired) electrons. The number of benzene rings is 1. The number of carbonyl (C=O) groups is 1. The Morgan fingerprint density at radius 3 is 2.67 bits per heavy atom. The van der Waals surface area contributed by atoms with Crippen LogP contribution in [0.15, 0.2) is 36.4 Å². The van der Waals surface area contributed by atoms with E-state index in [1.54, 1.807) is 6.08 Å². The normalized spacial score (nSPS) is 29.4. The van der Waals surface area contributed by atoms with E-state index in [0.717, 1.165) is 17.9 Å². The molecule has 0 N–H and O–H groups in total. The lowest BCUT2D eigenvalue weighted by Crippen LogP contribution is -2.53. The van der Waals surface area contributed by atoms with Crippen molar-refractivity contribution in [3.8, 4) is 0 Å². The maximum atomic E-state index is 12.7. The Bertz CT molecular complexity index is 508. The predicted octanol–water partition coefficient (Wildman–Crippen LogP) is 4.27. The van der Waals surface area contributed by atoms with Crippen molar-refractivity contribution in [1.29, 1.82) is 0 Å². The van der Waals surface area contributed by atoms with Gasteiger partial charge in [0.15, 0.2) is 0 Å². The van der Waals surface area contributed by atoms with E-state index >= 15 is 0 Å². The van der Waals surface area contributed by atoms with Crippen LogP contribution >= 0.6 is 0 Å². The molecule has 0 bridgehead atoms. The highest BCUT2D eigenvalue weighted by Gasteiger charge is 2.38. The molecule has 3 rings (SSSR count). The van der Waals surface area contributed by atoms with Gasteiger partial charge in [-0.1, -0.05) is 43.2 Å². The van der Waals surface area contributed by atoms with Crippen molar-refractivity contribution in [2.24, 2.45) is 5.92 Å². The van der Waals surface area contributed by atoms with E-state index in [9.17, 15) is 4.79 Å². The van der Waals surface area contributed by atoms with E-state index in [2.05, 4.69) is 11.8 Å². The van der Waals surface area contributed by atoms with E-state index in [1.165, 1.54) is 32.1 Å². The zero-order valence-corrected chi connectivity index (χ0v) is 12.9. The van der Waals surface area contributed by atoms with Crippen molar-refractivity contribution in [2.75, 3.05) is 0 Å². The maximum absolute atomic E-state index is 12.7. The molecule has 112 valence electrons. The average molecular weight is 283 g/mol. The number of piperidine rings is 1. The number of nitrogens with zero attached hydrogens (tertiary/aromatic N) is 1. The van der Waals surface area contributed by atoms with Gasteiger partial charge in [-0.2, -0.15) is 0 Å². The van der Waals surface area contributed by atoms with Gasteiger partial charge in [-0.25, -0.2) is 0 Å². The van der Waals surface area contributed by atoms with Crippen LogP contribution < -0.4 is 0 Å². The van der Waals surface area contributed by atoms with Crippen molar-refractivity contribution >= 4 is 12.0 Å². The molecule has 1 saturated carbocycles. The third-order valence-electron chi connectivity index (χ3n) is 5.13. The Labute approximate surface area is 127 Å². The van der Waals surface area contributed by atoms with Crippen LogP contribution in [-0.2, 0) is 4.79 Å². The number of carbonyl (C=O) groups excluding carboxylic acids is 1. The molecule has 1 aromatic carbocycles. The molecule has 2 nitrogen and oxygen atoms in total. The highest BCUT2D eigenvalue weighted by Crippen LogP contribution is 2.37. The Kier molecular flexibility index (Phi) is 4.42. The molecule has 1 heterocycles. The third kappa shape index (κ3) is 3.20. The van der Waals surface area contributed by atoms with Crippen LogP contribution in [0.1, 0.15) is 51.0 Å². The van der Waals surface area contributed by atoms with Gasteiger partial charge >= 0.3 is 0 Å². The average Bonchev–Trinajstić information content (AvgIpc) is 2.53. The van der Waals surface area contributed by atoms with Crippen molar-refractivity contribution in [3.05, 3.63) is 42.0 Å². The molecule has 1 aromatic rings. The molecular weight excluding hydrogens is 258 g/mol. The molecule has 2 aliphatic rings. The summed E-state index contributed by atoms with van der Waals surface area (Å²) in [6.45, 7) is 2.21. The largest absolute Gasteiger partial charge is 0.333 e. The predicted molar refractivity (Wildman–Crippen MR) is 86.8 cm³/mol. The van der Waals surface area contributed by atoms with Gasteiger partial charge in [0.05, 0.1) is 0 Å². The van der Waals surface area contributed by atoms with Gasteiger partial charge in [0, 0.05) is 18.2 Å². The molecule has 21 heavy (non-hydrogen) atoms. The minimum absolute atomic E-state index is 0.197. The maximum Gasteiger partial charge on any atom is 0.247 e.